The number of imide groups is 1. The smallest absolute Gasteiger partial charge is 0.260 e. The lowest BCUT2D eigenvalue weighted by Gasteiger charge is -2.46. The fourth-order valence-electron chi connectivity index (χ4n) is 10.7. The van der Waals surface area contributed by atoms with Gasteiger partial charge in [0.25, 0.3) is 20.3 Å². The highest BCUT2D eigenvalue weighted by Gasteiger charge is 2.61. The largest absolute Gasteiger partial charge is 0.497 e. The van der Waals surface area contributed by atoms with E-state index < -0.39 is 31.4 Å². The molecule has 0 aromatic heterocycles. The predicted molar refractivity (Wildman–Crippen MR) is 287 cm³/mol. The summed E-state index contributed by atoms with van der Waals surface area (Å²) in [5, 5.41) is 13.4. The van der Waals surface area contributed by atoms with Crippen molar-refractivity contribution >= 4 is 32.2 Å². The van der Waals surface area contributed by atoms with E-state index in [2.05, 4.69) is 43.8 Å². The van der Waals surface area contributed by atoms with Crippen LogP contribution in [-0.2, 0) is 48.1 Å². The maximum absolute atomic E-state index is 13.9. The topological polar surface area (TPSA) is 188 Å². The van der Waals surface area contributed by atoms with Crippen LogP contribution in [0.3, 0.4) is 0 Å². The molecule has 0 aliphatic carbocycles. The SMILES string of the molecule is COc1ccc(C(OCC2(COP(OCCC#N)N(C(C)C)C(C)C)CCN(C(=O)CCCCCNC(=O)CCCCCON3C(=O)C4C5C=CC(O5)C4C3=O)CC2)(c2ccc(OC)cc2)c2ccc(OC)cc2)cc1. The Balaban J connectivity index is 0.956. The third-order valence-corrected chi connectivity index (χ3v) is 17.0. The summed E-state index contributed by atoms with van der Waals surface area (Å²) >= 11 is 0. The van der Waals surface area contributed by atoms with Crippen LogP contribution in [0.4, 0.5) is 0 Å². The zero-order valence-corrected chi connectivity index (χ0v) is 46.3. The second-order valence-electron chi connectivity index (χ2n) is 20.6. The van der Waals surface area contributed by atoms with E-state index in [1.54, 1.807) is 21.3 Å². The first-order valence-corrected chi connectivity index (χ1v) is 28.1. The minimum Gasteiger partial charge on any atom is -0.497 e. The van der Waals surface area contributed by atoms with Gasteiger partial charge in [-0.05, 0) is 119 Å². The van der Waals surface area contributed by atoms with Crippen LogP contribution in [0, 0.1) is 28.6 Å². The number of rotatable bonds is 31. The molecule has 0 radical (unpaired) electrons. The molecule has 17 nitrogen and oxygen atoms in total. The van der Waals surface area contributed by atoms with E-state index in [-0.39, 0.29) is 74.2 Å². The maximum atomic E-state index is 13.9. The number of nitrogens with one attached hydrogen (secondary N) is 1. The number of hydroxylamine groups is 2. The summed E-state index contributed by atoms with van der Waals surface area (Å²) in [5.41, 5.74) is 0.984. The molecule has 18 heteroatoms. The van der Waals surface area contributed by atoms with Gasteiger partial charge in [-0.2, -0.15) is 10.3 Å². The molecule has 3 aromatic rings. The van der Waals surface area contributed by atoms with E-state index in [0.29, 0.717) is 88.4 Å². The van der Waals surface area contributed by atoms with Crippen molar-refractivity contribution < 1.29 is 56.7 Å². The third kappa shape index (κ3) is 14.0. The van der Waals surface area contributed by atoms with Crippen LogP contribution < -0.4 is 19.5 Å². The first-order valence-electron chi connectivity index (χ1n) is 27.0. The highest BCUT2D eigenvalue weighted by Crippen LogP contribution is 2.50. The Morgan fingerprint density at radius 3 is 1.74 bits per heavy atom. The molecule has 76 heavy (non-hydrogen) atoms. The van der Waals surface area contributed by atoms with Crippen LogP contribution in [0.5, 0.6) is 17.2 Å². The molecule has 4 aliphatic rings. The van der Waals surface area contributed by atoms with E-state index in [1.807, 2.05) is 89.8 Å². The monoisotopic (exact) mass is 1070 g/mol. The molecule has 4 heterocycles. The summed E-state index contributed by atoms with van der Waals surface area (Å²) in [4.78, 5) is 59.5. The summed E-state index contributed by atoms with van der Waals surface area (Å²) in [6.07, 6.45) is 9.49. The van der Waals surface area contributed by atoms with E-state index in [1.165, 1.54) is 0 Å². The maximum Gasteiger partial charge on any atom is 0.260 e. The van der Waals surface area contributed by atoms with Crippen LogP contribution in [0.15, 0.2) is 84.9 Å². The van der Waals surface area contributed by atoms with Crippen LogP contribution >= 0.6 is 8.53 Å². The second-order valence-corrected chi connectivity index (χ2v) is 22.1. The van der Waals surface area contributed by atoms with Gasteiger partial charge in [-0.15, -0.1) is 0 Å². The molecule has 5 atom stereocenters. The minimum absolute atomic E-state index is 0.0286. The Labute approximate surface area is 450 Å². The first-order chi connectivity index (χ1) is 36.8. The predicted octanol–water partition coefficient (Wildman–Crippen LogP) is 9.03. The fraction of sp³-hybridized carbons (Fsp3) is 0.569. The molecular weight excluding hydrogens is 990 g/mol. The average Bonchev–Trinajstić information content (AvgIpc) is 4.25. The van der Waals surface area contributed by atoms with Crippen molar-refractivity contribution in [2.75, 3.05) is 67.4 Å². The lowest BCUT2D eigenvalue weighted by molar-refractivity contribution is -0.192. The second kappa shape index (κ2) is 27.7. The summed E-state index contributed by atoms with van der Waals surface area (Å²) in [6, 6.07) is 26.3. The highest BCUT2D eigenvalue weighted by molar-refractivity contribution is 7.44. The van der Waals surface area contributed by atoms with Crippen LogP contribution in [0.2, 0.25) is 0 Å². The van der Waals surface area contributed by atoms with Crippen LogP contribution in [0.25, 0.3) is 0 Å². The molecule has 0 spiro atoms. The number of ether oxygens (including phenoxy) is 5. The van der Waals surface area contributed by atoms with Gasteiger partial charge in [-0.3, -0.25) is 24.0 Å². The Morgan fingerprint density at radius 2 is 1.24 bits per heavy atom. The molecule has 1 N–H and O–H groups in total. The number of benzene rings is 3. The quantitative estimate of drug-likeness (QED) is 0.0211. The van der Waals surface area contributed by atoms with E-state index in [0.717, 1.165) is 41.0 Å². The number of hydrogen-bond acceptors (Lipinski definition) is 14. The molecule has 3 saturated heterocycles. The molecule has 4 amide bonds. The summed E-state index contributed by atoms with van der Waals surface area (Å²) in [7, 11) is 3.37. The van der Waals surface area contributed by atoms with Gasteiger partial charge in [0.1, 0.15) is 22.8 Å². The zero-order chi connectivity index (χ0) is 54.2. The summed E-state index contributed by atoms with van der Waals surface area (Å²) < 4.78 is 45.6. The molecule has 5 unspecified atom stereocenters. The Hall–Kier alpha value is -5.44. The lowest BCUT2D eigenvalue weighted by atomic mass is 9.77. The van der Waals surface area contributed by atoms with Gasteiger partial charge in [0.05, 0.1) is 84.3 Å². The van der Waals surface area contributed by atoms with Crippen molar-refractivity contribution in [2.24, 2.45) is 17.3 Å². The lowest BCUT2D eigenvalue weighted by Crippen LogP contribution is -2.48. The van der Waals surface area contributed by atoms with Crippen molar-refractivity contribution in [1.82, 2.24) is 20.0 Å². The fourth-order valence-corrected chi connectivity index (χ4v) is 12.5. The number of amides is 4. The number of likely N-dealkylation sites (tertiary alicyclic amines) is 1. The molecule has 2 bridgehead atoms. The standard InChI is InChI=1S/C58H78N5O12P/c1-41(2)63(42(3)4)76(73-38-14-33-59)74-40-57(39-71-58(43-17-23-46(68-5)24-18-43,44-19-25-47(69-6)26-20-44)45-21-27-48(70-7)28-22-45)31-35-61(36-32-57)52(65)16-11-8-12-34-60-51(64)15-10-9-13-37-72-62-55(66)53-49-29-30-50(75-49)54(53)56(62)67/h17-30,41-42,49-50,53-54H,8-16,31-32,34-40H2,1-7H3,(H,60,64). The van der Waals surface area contributed by atoms with Crippen molar-refractivity contribution in [2.45, 2.75) is 128 Å². The van der Waals surface area contributed by atoms with Crippen molar-refractivity contribution in [1.29, 1.82) is 5.26 Å². The number of carbonyl (C=O) groups is 4. The number of methoxy groups -OCH3 is 3. The van der Waals surface area contributed by atoms with Gasteiger partial charge in [-0.25, -0.2) is 4.67 Å². The van der Waals surface area contributed by atoms with Gasteiger partial charge in [0.2, 0.25) is 11.8 Å². The highest BCUT2D eigenvalue weighted by atomic mass is 31.2. The molecule has 4 aliphatic heterocycles. The number of unbranched alkanes of at least 4 members (excludes halogenated alkanes) is 4. The molecule has 3 aromatic carbocycles. The van der Waals surface area contributed by atoms with E-state index >= 15 is 0 Å². The minimum atomic E-state index is -1.56. The zero-order valence-electron chi connectivity index (χ0n) is 45.4. The molecule has 412 valence electrons. The number of piperidine rings is 1. The number of nitriles is 1. The average molecular weight is 1070 g/mol. The van der Waals surface area contributed by atoms with Gasteiger partial charge >= 0.3 is 0 Å². The number of hydrogen-bond donors (Lipinski definition) is 1. The summed E-state index contributed by atoms with van der Waals surface area (Å²) in [5.74, 6) is 0.558. The van der Waals surface area contributed by atoms with Crippen LogP contribution in [-0.4, -0.2) is 130 Å². The Bertz CT molecular complexity index is 2290. The number of nitrogens with zero attached hydrogens (tertiary/aromatic N) is 4. The van der Waals surface area contributed by atoms with Crippen LogP contribution in [0.1, 0.15) is 115 Å². The first kappa shape index (κ1) is 58.2. The van der Waals surface area contributed by atoms with Crippen molar-refractivity contribution in [3.8, 4) is 23.3 Å². The molecule has 0 saturated carbocycles. The Kier molecular flexibility index (Phi) is 21.3. The molecular formula is C58H78N5O12P. The van der Waals surface area contributed by atoms with E-state index in [4.69, 9.17) is 37.6 Å². The van der Waals surface area contributed by atoms with Crippen molar-refractivity contribution in [3.63, 3.8) is 0 Å². The van der Waals surface area contributed by atoms with Gasteiger partial charge in [0, 0.05) is 50.0 Å². The molecule has 7 rings (SSSR count). The molecule has 3 fully saturated rings. The number of carbonyl (C=O) groups excluding carboxylic acids is 4. The normalized spacial score (nSPS) is 20.1. The van der Waals surface area contributed by atoms with Crippen molar-refractivity contribution in [3.05, 3.63) is 102 Å². The van der Waals surface area contributed by atoms with E-state index in [9.17, 15) is 24.4 Å². The number of fused-ring (bicyclic) bond motifs is 5. The van der Waals surface area contributed by atoms with Gasteiger partial charge < -0.3 is 42.9 Å². The van der Waals surface area contributed by atoms with Gasteiger partial charge in [0.15, 0.2) is 0 Å². The summed E-state index contributed by atoms with van der Waals surface area (Å²) in [6.45, 7) is 11.1. The Morgan fingerprint density at radius 1 is 0.724 bits per heavy atom. The van der Waals surface area contributed by atoms with Gasteiger partial charge in [-0.1, -0.05) is 61.4 Å². The third-order valence-electron chi connectivity index (χ3n) is 14.9.